The van der Waals surface area contributed by atoms with E-state index >= 15 is 0 Å². The molecule has 6 heteroatoms. The molecule has 1 atom stereocenters. The Balaban J connectivity index is 1.76. The number of rotatable bonds is 5. The van der Waals surface area contributed by atoms with E-state index in [0.717, 1.165) is 24.7 Å². The monoisotopic (exact) mass is 321 g/mol. The standard InChI is InChI=1S/C17H21F2N3O/c1-17(2,3)15(12-7-6-11(18)8-13(12)19)20-9-14-21-16(22-23-14)10-4-5-10/h6-8,10,15,20H,4-5,9H2,1-3H3/t15-/m1/s1. The highest BCUT2D eigenvalue weighted by molar-refractivity contribution is 5.24. The Labute approximate surface area is 134 Å². The first-order valence-corrected chi connectivity index (χ1v) is 7.85. The van der Waals surface area contributed by atoms with Crippen molar-refractivity contribution in [3.8, 4) is 0 Å². The topological polar surface area (TPSA) is 51.0 Å². The predicted octanol–water partition coefficient (Wildman–Crippen LogP) is 4.10. The smallest absolute Gasteiger partial charge is 0.240 e. The fourth-order valence-corrected chi connectivity index (χ4v) is 2.65. The zero-order chi connectivity index (χ0) is 16.6. The van der Waals surface area contributed by atoms with Crippen molar-refractivity contribution in [3.05, 3.63) is 47.1 Å². The maximum atomic E-state index is 14.1. The first-order valence-electron chi connectivity index (χ1n) is 7.85. The lowest BCUT2D eigenvalue weighted by atomic mass is 9.82. The summed E-state index contributed by atoms with van der Waals surface area (Å²) in [5.74, 6) is 0.540. The zero-order valence-electron chi connectivity index (χ0n) is 13.6. The molecule has 0 aliphatic heterocycles. The van der Waals surface area contributed by atoms with Crippen molar-refractivity contribution in [2.24, 2.45) is 5.41 Å². The zero-order valence-corrected chi connectivity index (χ0v) is 13.6. The summed E-state index contributed by atoms with van der Waals surface area (Å²) in [5, 5.41) is 7.24. The van der Waals surface area contributed by atoms with E-state index in [0.29, 0.717) is 23.9 Å². The van der Waals surface area contributed by atoms with Crippen LogP contribution in [-0.4, -0.2) is 10.1 Å². The van der Waals surface area contributed by atoms with Crippen molar-refractivity contribution in [3.63, 3.8) is 0 Å². The van der Waals surface area contributed by atoms with Gasteiger partial charge >= 0.3 is 0 Å². The summed E-state index contributed by atoms with van der Waals surface area (Å²) in [4.78, 5) is 4.36. The van der Waals surface area contributed by atoms with Crippen LogP contribution in [0.15, 0.2) is 22.7 Å². The number of benzene rings is 1. The molecule has 0 saturated heterocycles. The van der Waals surface area contributed by atoms with Gasteiger partial charge in [-0.05, 0) is 24.3 Å². The maximum Gasteiger partial charge on any atom is 0.240 e. The number of halogens is 2. The molecule has 0 spiro atoms. The van der Waals surface area contributed by atoms with Crippen LogP contribution in [-0.2, 0) is 6.54 Å². The molecular formula is C17H21F2N3O. The number of nitrogens with one attached hydrogen (secondary N) is 1. The summed E-state index contributed by atoms with van der Waals surface area (Å²) in [7, 11) is 0. The highest BCUT2D eigenvalue weighted by Crippen LogP contribution is 2.38. The van der Waals surface area contributed by atoms with Crippen molar-refractivity contribution in [2.75, 3.05) is 0 Å². The Bertz CT molecular complexity index is 689. The summed E-state index contributed by atoms with van der Waals surface area (Å²) in [5.41, 5.74) is 0.165. The van der Waals surface area contributed by atoms with Gasteiger partial charge in [0.15, 0.2) is 5.82 Å². The van der Waals surface area contributed by atoms with E-state index in [-0.39, 0.29) is 11.5 Å². The molecule has 0 amide bonds. The second-order valence-corrected chi connectivity index (χ2v) is 7.17. The Morgan fingerprint density at radius 3 is 2.65 bits per heavy atom. The molecule has 1 aromatic heterocycles. The Kier molecular flexibility index (Phi) is 4.19. The lowest BCUT2D eigenvalue weighted by Crippen LogP contribution is -2.32. The fraction of sp³-hybridized carbons (Fsp3) is 0.529. The lowest BCUT2D eigenvalue weighted by Gasteiger charge is -2.32. The van der Waals surface area contributed by atoms with Crippen molar-refractivity contribution in [2.45, 2.75) is 52.1 Å². The van der Waals surface area contributed by atoms with Gasteiger partial charge in [-0.1, -0.05) is 32.0 Å². The van der Waals surface area contributed by atoms with Crippen LogP contribution in [0.25, 0.3) is 0 Å². The van der Waals surface area contributed by atoms with Crippen LogP contribution in [0.4, 0.5) is 8.78 Å². The Morgan fingerprint density at radius 1 is 1.30 bits per heavy atom. The molecule has 1 heterocycles. The third-order valence-corrected chi connectivity index (χ3v) is 4.02. The third kappa shape index (κ3) is 3.75. The minimum absolute atomic E-state index is 0.266. The molecule has 1 fully saturated rings. The second kappa shape index (κ2) is 6.00. The van der Waals surface area contributed by atoms with Crippen molar-refractivity contribution < 1.29 is 13.3 Å². The van der Waals surface area contributed by atoms with E-state index in [4.69, 9.17) is 4.52 Å². The average molecular weight is 321 g/mol. The van der Waals surface area contributed by atoms with E-state index in [1.54, 1.807) is 0 Å². The molecule has 23 heavy (non-hydrogen) atoms. The normalized spacial score (nSPS) is 16.6. The quantitative estimate of drug-likeness (QED) is 0.900. The van der Waals surface area contributed by atoms with Gasteiger partial charge in [-0.15, -0.1) is 0 Å². The summed E-state index contributed by atoms with van der Waals surface area (Å²) in [6.07, 6.45) is 2.22. The molecule has 1 N–H and O–H groups in total. The van der Waals surface area contributed by atoms with Gasteiger partial charge in [0.2, 0.25) is 5.89 Å². The average Bonchev–Trinajstić information content (AvgIpc) is 3.19. The molecule has 4 nitrogen and oxygen atoms in total. The largest absolute Gasteiger partial charge is 0.338 e. The van der Waals surface area contributed by atoms with E-state index in [2.05, 4.69) is 15.5 Å². The summed E-state index contributed by atoms with van der Waals surface area (Å²) in [6.45, 7) is 6.34. The van der Waals surface area contributed by atoms with E-state index in [9.17, 15) is 8.78 Å². The Hall–Kier alpha value is -1.82. The number of aromatic nitrogens is 2. The first-order chi connectivity index (χ1) is 10.8. The summed E-state index contributed by atoms with van der Waals surface area (Å²) >= 11 is 0. The van der Waals surface area contributed by atoms with Crippen LogP contribution in [0.5, 0.6) is 0 Å². The van der Waals surface area contributed by atoms with Gasteiger partial charge in [-0.25, -0.2) is 8.78 Å². The molecule has 0 unspecified atom stereocenters. The van der Waals surface area contributed by atoms with Gasteiger partial charge in [-0.3, -0.25) is 0 Å². The molecule has 1 aromatic carbocycles. The van der Waals surface area contributed by atoms with Crippen molar-refractivity contribution in [1.29, 1.82) is 0 Å². The molecule has 1 aliphatic rings. The molecule has 1 aliphatic carbocycles. The molecule has 1 saturated carbocycles. The van der Waals surface area contributed by atoms with Gasteiger partial charge in [0.25, 0.3) is 0 Å². The van der Waals surface area contributed by atoms with Gasteiger partial charge in [0, 0.05) is 23.6 Å². The van der Waals surface area contributed by atoms with Crippen LogP contribution >= 0.6 is 0 Å². The predicted molar refractivity (Wildman–Crippen MR) is 81.7 cm³/mol. The summed E-state index contributed by atoms with van der Waals surface area (Å²) < 4.78 is 32.5. The minimum Gasteiger partial charge on any atom is -0.338 e. The third-order valence-electron chi connectivity index (χ3n) is 4.02. The van der Waals surface area contributed by atoms with Crippen molar-refractivity contribution in [1.82, 2.24) is 15.5 Å². The first kappa shape index (κ1) is 16.1. The molecule has 3 rings (SSSR count). The molecular weight excluding hydrogens is 300 g/mol. The number of hydrogen-bond acceptors (Lipinski definition) is 4. The molecule has 124 valence electrons. The minimum atomic E-state index is -0.579. The number of nitrogens with zero attached hydrogens (tertiary/aromatic N) is 2. The van der Waals surface area contributed by atoms with Gasteiger partial charge in [0.05, 0.1) is 6.54 Å². The van der Waals surface area contributed by atoms with Crippen LogP contribution in [0.2, 0.25) is 0 Å². The maximum absolute atomic E-state index is 14.1. The molecule has 2 aromatic rings. The molecule has 0 bridgehead atoms. The van der Waals surface area contributed by atoms with Crippen LogP contribution < -0.4 is 5.32 Å². The lowest BCUT2D eigenvalue weighted by molar-refractivity contribution is 0.251. The number of hydrogen-bond donors (Lipinski definition) is 1. The second-order valence-electron chi connectivity index (χ2n) is 7.17. The van der Waals surface area contributed by atoms with E-state index in [1.807, 2.05) is 20.8 Å². The molecule has 0 radical (unpaired) electrons. The van der Waals surface area contributed by atoms with Crippen LogP contribution in [0.1, 0.15) is 62.9 Å². The van der Waals surface area contributed by atoms with Gasteiger partial charge in [-0.2, -0.15) is 4.98 Å². The highest BCUT2D eigenvalue weighted by atomic mass is 19.1. The van der Waals surface area contributed by atoms with E-state index in [1.165, 1.54) is 12.1 Å². The van der Waals surface area contributed by atoms with E-state index < -0.39 is 11.6 Å². The van der Waals surface area contributed by atoms with Gasteiger partial charge in [0.1, 0.15) is 11.6 Å². The van der Waals surface area contributed by atoms with Gasteiger partial charge < -0.3 is 9.84 Å². The van der Waals surface area contributed by atoms with Crippen LogP contribution in [0.3, 0.4) is 0 Å². The Morgan fingerprint density at radius 2 is 2.04 bits per heavy atom. The highest BCUT2D eigenvalue weighted by Gasteiger charge is 2.31. The SMILES string of the molecule is CC(C)(C)[C@H](NCc1nc(C2CC2)no1)c1ccc(F)cc1F. The summed E-state index contributed by atoms with van der Waals surface area (Å²) in [6, 6.07) is 3.36. The van der Waals surface area contributed by atoms with Crippen molar-refractivity contribution >= 4 is 0 Å². The fourth-order valence-electron chi connectivity index (χ4n) is 2.65. The van der Waals surface area contributed by atoms with Crippen LogP contribution in [0, 0.1) is 17.0 Å².